The molecule has 1 amide bonds. The van der Waals surface area contributed by atoms with Crippen LogP contribution in [0.5, 0.6) is 0 Å². The van der Waals surface area contributed by atoms with E-state index in [4.69, 9.17) is 4.74 Å². The van der Waals surface area contributed by atoms with Gasteiger partial charge in [-0.2, -0.15) is 0 Å². The summed E-state index contributed by atoms with van der Waals surface area (Å²) in [6.45, 7) is 17.9. The summed E-state index contributed by atoms with van der Waals surface area (Å²) in [6, 6.07) is 0. The fourth-order valence-corrected chi connectivity index (χ4v) is 10.2. The van der Waals surface area contributed by atoms with Gasteiger partial charge in [0.1, 0.15) is 6.10 Å². The molecule has 3 saturated carbocycles. The second-order valence-corrected chi connectivity index (χ2v) is 16.1. The molecule has 8 atom stereocenters. The Balaban J connectivity index is 1.27. The van der Waals surface area contributed by atoms with Crippen LogP contribution in [0.15, 0.2) is 11.6 Å². The van der Waals surface area contributed by atoms with Crippen LogP contribution in [0.2, 0.25) is 0 Å². The molecule has 3 heteroatoms. The van der Waals surface area contributed by atoms with Crippen molar-refractivity contribution >= 4 is 6.09 Å². The van der Waals surface area contributed by atoms with Gasteiger partial charge in [-0.1, -0.05) is 105 Å². The maximum Gasteiger partial charge on any atom is 0.407 e. The topological polar surface area (TPSA) is 38.3 Å². The lowest BCUT2D eigenvalue weighted by Gasteiger charge is -2.58. The van der Waals surface area contributed by atoms with E-state index in [-0.39, 0.29) is 12.2 Å². The van der Waals surface area contributed by atoms with Gasteiger partial charge in [-0.05, 0) is 104 Å². The summed E-state index contributed by atoms with van der Waals surface area (Å²) in [5, 5.41) is 3.04. The summed E-state index contributed by atoms with van der Waals surface area (Å²) >= 11 is 0. The fraction of sp³-hybridized carbons (Fsp3) is 0.919. The molecular formula is C37H65NO2. The number of unbranched alkanes of at least 4 members (excludes halogenated alkanes) is 3. The van der Waals surface area contributed by atoms with E-state index in [0.717, 1.165) is 67.2 Å². The summed E-state index contributed by atoms with van der Waals surface area (Å²) in [5.74, 6) is 6.02. The largest absolute Gasteiger partial charge is 0.446 e. The van der Waals surface area contributed by atoms with Crippen LogP contribution < -0.4 is 5.32 Å². The molecule has 0 radical (unpaired) electrons. The number of ether oxygens (including phenoxy) is 1. The zero-order valence-corrected chi connectivity index (χ0v) is 27.5. The predicted octanol–water partition coefficient (Wildman–Crippen LogP) is 10.7. The van der Waals surface area contributed by atoms with Crippen LogP contribution in [-0.4, -0.2) is 18.7 Å². The Kier molecular flexibility index (Phi) is 11.2. The van der Waals surface area contributed by atoms with Gasteiger partial charge in [0.2, 0.25) is 0 Å². The second-order valence-electron chi connectivity index (χ2n) is 16.1. The van der Waals surface area contributed by atoms with E-state index in [2.05, 4.69) is 59.9 Å². The molecule has 4 aliphatic carbocycles. The van der Waals surface area contributed by atoms with Crippen molar-refractivity contribution in [3.63, 3.8) is 0 Å². The van der Waals surface area contributed by atoms with Gasteiger partial charge in [0.25, 0.3) is 0 Å². The van der Waals surface area contributed by atoms with Crippen molar-refractivity contribution in [3.8, 4) is 0 Å². The van der Waals surface area contributed by atoms with Crippen LogP contribution in [0.1, 0.15) is 151 Å². The molecule has 0 saturated heterocycles. The minimum absolute atomic E-state index is 0.0540. The monoisotopic (exact) mass is 556 g/mol. The standard InChI is InChI=1S/C37H65NO2/c1-26(2)13-10-8-9-11-24-38-35(39)40-30-20-22-36(6)29(25-30)16-17-31-33-19-18-32(28(5)15-12-14-27(3)4)37(33,7)23-21-34(31)36/h16,26-28,30-34H,8-15,17-25H2,1-7H3,(H,38,39)/t28-,30?,31?,32?,33?,34?,36?,37?/m1/s1. The summed E-state index contributed by atoms with van der Waals surface area (Å²) < 4.78 is 5.96. The molecule has 230 valence electrons. The van der Waals surface area contributed by atoms with E-state index in [0.29, 0.717) is 10.8 Å². The number of carbonyl (C=O) groups is 1. The van der Waals surface area contributed by atoms with Gasteiger partial charge in [-0.15, -0.1) is 0 Å². The van der Waals surface area contributed by atoms with Gasteiger partial charge < -0.3 is 10.1 Å². The van der Waals surface area contributed by atoms with Gasteiger partial charge in [0, 0.05) is 13.0 Å². The molecule has 1 N–H and O–H groups in total. The molecule has 40 heavy (non-hydrogen) atoms. The highest BCUT2D eigenvalue weighted by Crippen LogP contribution is 2.67. The summed E-state index contributed by atoms with van der Waals surface area (Å²) in [5.41, 5.74) is 2.48. The molecule has 0 aromatic rings. The Labute approximate surface area is 248 Å². The van der Waals surface area contributed by atoms with Gasteiger partial charge >= 0.3 is 6.09 Å². The number of fused-ring (bicyclic) bond motifs is 5. The summed E-state index contributed by atoms with van der Waals surface area (Å²) in [6.07, 6.45) is 23.0. The average molecular weight is 556 g/mol. The van der Waals surface area contributed by atoms with E-state index >= 15 is 0 Å². The third kappa shape index (κ3) is 7.31. The Morgan fingerprint density at radius 3 is 2.35 bits per heavy atom. The zero-order valence-electron chi connectivity index (χ0n) is 27.5. The maximum atomic E-state index is 12.5. The first-order valence-electron chi connectivity index (χ1n) is 17.7. The number of allylic oxidation sites excluding steroid dienone is 1. The highest BCUT2D eigenvalue weighted by Gasteiger charge is 2.59. The van der Waals surface area contributed by atoms with Crippen LogP contribution in [0.4, 0.5) is 4.79 Å². The number of carbonyl (C=O) groups excluding carboxylic acids is 1. The minimum Gasteiger partial charge on any atom is -0.446 e. The van der Waals surface area contributed by atoms with Crippen LogP contribution in [0.3, 0.4) is 0 Å². The first-order chi connectivity index (χ1) is 19.0. The first-order valence-corrected chi connectivity index (χ1v) is 17.7. The molecule has 0 aliphatic heterocycles. The third-order valence-electron chi connectivity index (χ3n) is 12.5. The van der Waals surface area contributed by atoms with Gasteiger partial charge in [0.05, 0.1) is 0 Å². The summed E-state index contributed by atoms with van der Waals surface area (Å²) in [7, 11) is 0. The van der Waals surface area contributed by atoms with Gasteiger partial charge in [-0.3, -0.25) is 0 Å². The minimum atomic E-state index is -0.196. The molecule has 0 spiro atoms. The van der Waals surface area contributed by atoms with Crippen molar-refractivity contribution in [1.29, 1.82) is 0 Å². The van der Waals surface area contributed by atoms with Crippen LogP contribution in [0, 0.1) is 52.3 Å². The van der Waals surface area contributed by atoms with Crippen molar-refractivity contribution in [2.24, 2.45) is 52.3 Å². The van der Waals surface area contributed by atoms with Crippen molar-refractivity contribution in [2.75, 3.05) is 6.54 Å². The second kappa shape index (κ2) is 14.0. The molecule has 0 aromatic heterocycles. The molecule has 0 heterocycles. The number of hydrogen-bond acceptors (Lipinski definition) is 2. The normalized spacial score (nSPS) is 36.0. The zero-order chi connectivity index (χ0) is 28.9. The van der Waals surface area contributed by atoms with Crippen molar-refractivity contribution < 1.29 is 9.53 Å². The molecule has 4 aliphatic rings. The Hall–Kier alpha value is -0.990. The first kappa shape index (κ1) is 31.9. The van der Waals surface area contributed by atoms with Crippen molar-refractivity contribution in [1.82, 2.24) is 5.32 Å². The van der Waals surface area contributed by atoms with E-state index in [1.54, 1.807) is 5.57 Å². The highest BCUT2D eigenvalue weighted by atomic mass is 16.6. The molecule has 0 bridgehead atoms. The predicted molar refractivity (Wildman–Crippen MR) is 169 cm³/mol. The Morgan fingerprint density at radius 1 is 0.875 bits per heavy atom. The van der Waals surface area contributed by atoms with E-state index in [1.165, 1.54) is 83.5 Å². The molecule has 3 fully saturated rings. The Morgan fingerprint density at radius 2 is 1.60 bits per heavy atom. The lowest BCUT2D eigenvalue weighted by atomic mass is 9.47. The number of rotatable bonds is 13. The van der Waals surface area contributed by atoms with E-state index < -0.39 is 0 Å². The van der Waals surface area contributed by atoms with Gasteiger partial charge in [0.15, 0.2) is 0 Å². The molecule has 0 aromatic carbocycles. The van der Waals surface area contributed by atoms with E-state index in [9.17, 15) is 4.79 Å². The van der Waals surface area contributed by atoms with E-state index in [1.807, 2.05) is 0 Å². The number of alkyl carbamates (subject to hydrolysis) is 1. The smallest absolute Gasteiger partial charge is 0.407 e. The summed E-state index contributed by atoms with van der Waals surface area (Å²) in [4.78, 5) is 12.5. The Bertz CT molecular complexity index is 847. The van der Waals surface area contributed by atoms with Crippen LogP contribution >= 0.6 is 0 Å². The molecule has 4 rings (SSSR count). The van der Waals surface area contributed by atoms with Crippen molar-refractivity contribution in [2.45, 2.75) is 157 Å². The lowest BCUT2D eigenvalue weighted by molar-refractivity contribution is -0.0581. The third-order valence-corrected chi connectivity index (χ3v) is 12.5. The number of amides is 1. The number of hydrogen-bond donors (Lipinski definition) is 1. The quantitative estimate of drug-likeness (QED) is 0.181. The fourth-order valence-electron chi connectivity index (χ4n) is 10.2. The highest BCUT2D eigenvalue weighted by molar-refractivity contribution is 5.67. The van der Waals surface area contributed by atoms with Gasteiger partial charge in [-0.25, -0.2) is 4.79 Å². The number of nitrogens with one attached hydrogen (secondary N) is 1. The van der Waals surface area contributed by atoms with Crippen molar-refractivity contribution in [3.05, 3.63) is 11.6 Å². The van der Waals surface area contributed by atoms with Crippen LogP contribution in [-0.2, 0) is 4.74 Å². The lowest BCUT2D eigenvalue weighted by Crippen LogP contribution is -2.51. The SMILES string of the molecule is CC(C)CCCCCCNC(=O)OC1CCC2(C)C(=CCC3C2CCC2(C)C3CCC2[C@H](C)CCCC(C)C)C1. The molecule has 3 nitrogen and oxygen atoms in total. The molecular weight excluding hydrogens is 490 g/mol. The molecule has 7 unspecified atom stereocenters. The van der Waals surface area contributed by atoms with Crippen LogP contribution in [0.25, 0.3) is 0 Å². The average Bonchev–Trinajstić information content (AvgIpc) is 3.25. The maximum absolute atomic E-state index is 12.5.